The lowest BCUT2D eigenvalue weighted by molar-refractivity contribution is 0.0890. The quantitative estimate of drug-likeness (QED) is 0.717. The Bertz CT molecular complexity index is 393. The van der Waals surface area contributed by atoms with Crippen molar-refractivity contribution in [3.05, 3.63) is 28.2 Å². The zero-order valence-corrected chi connectivity index (χ0v) is 10.3. The SMILES string of the molecule is CN1C[C@H]2CCO[C@H]2c2cc(Br)ccc21. The topological polar surface area (TPSA) is 12.5 Å². The van der Waals surface area contributed by atoms with Gasteiger partial charge in [-0.1, -0.05) is 15.9 Å². The molecular weight excluding hydrogens is 254 g/mol. The number of anilines is 1. The first-order chi connectivity index (χ1) is 7.25. The van der Waals surface area contributed by atoms with E-state index in [1.165, 1.54) is 17.7 Å². The fraction of sp³-hybridized carbons (Fsp3) is 0.500. The lowest BCUT2D eigenvalue weighted by Gasteiger charge is -2.35. The molecule has 2 aliphatic heterocycles. The number of halogens is 1. The minimum absolute atomic E-state index is 0.327. The van der Waals surface area contributed by atoms with E-state index in [1.54, 1.807) is 0 Å². The third-order valence-corrected chi connectivity index (χ3v) is 3.92. The van der Waals surface area contributed by atoms with Crippen molar-refractivity contribution in [2.75, 3.05) is 25.1 Å². The first-order valence-electron chi connectivity index (χ1n) is 5.38. The molecule has 0 unspecified atom stereocenters. The van der Waals surface area contributed by atoms with Crippen LogP contribution in [-0.4, -0.2) is 20.2 Å². The Balaban J connectivity index is 2.11. The van der Waals surface area contributed by atoms with E-state index < -0.39 is 0 Å². The van der Waals surface area contributed by atoms with E-state index in [1.807, 2.05) is 0 Å². The molecule has 0 bridgehead atoms. The molecule has 2 nitrogen and oxygen atoms in total. The summed E-state index contributed by atoms with van der Waals surface area (Å²) in [6.07, 6.45) is 1.52. The Morgan fingerprint density at radius 2 is 2.33 bits per heavy atom. The predicted octanol–water partition coefficient (Wildman–Crippen LogP) is 2.98. The highest BCUT2D eigenvalue weighted by Gasteiger charge is 2.36. The van der Waals surface area contributed by atoms with Crippen molar-refractivity contribution in [1.82, 2.24) is 0 Å². The van der Waals surface area contributed by atoms with Gasteiger partial charge in [0.05, 0.1) is 6.10 Å². The molecule has 1 saturated heterocycles. The summed E-state index contributed by atoms with van der Waals surface area (Å²) in [5.74, 6) is 0.678. The standard InChI is InChI=1S/C12H14BrNO/c1-14-7-8-4-5-15-12(8)10-6-9(13)2-3-11(10)14/h2-3,6,8,12H,4-5,7H2,1H3/t8-,12-/m1/s1. The van der Waals surface area contributed by atoms with Crippen LogP contribution in [0.4, 0.5) is 5.69 Å². The molecule has 0 spiro atoms. The van der Waals surface area contributed by atoms with Gasteiger partial charge in [-0.2, -0.15) is 0 Å². The molecule has 3 rings (SSSR count). The maximum atomic E-state index is 5.84. The van der Waals surface area contributed by atoms with Crippen LogP contribution < -0.4 is 4.90 Å². The van der Waals surface area contributed by atoms with E-state index in [2.05, 4.69) is 46.1 Å². The normalized spacial score (nSPS) is 28.8. The molecule has 0 aliphatic carbocycles. The second-order valence-corrected chi connectivity index (χ2v) is 5.34. The minimum atomic E-state index is 0.327. The molecule has 15 heavy (non-hydrogen) atoms. The van der Waals surface area contributed by atoms with Crippen molar-refractivity contribution in [2.24, 2.45) is 5.92 Å². The van der Waals surface area contributed by atoms with Gasteiger partial charge in [-0.3, -0.25) is 0 Å². The zero-order valence-electron chi connectivity index (χ0n) is 8.74. The van der Waals surface area contributed by atoms with Crippen LogP contribution in [0.5, 0.6) is 0 Å². The molecule has 2 atom stereocenters. The number of hydrogen-bond donors (Lipinski definition) is 0. The van der Waals surface area contributed by atoms with Gasteiger partial charge in [-0.15, -0.1) is 0 Å². The van der Waals surface area contributed by atoms with Gasteiger partial charge in [0.15, 0.2) is 0 Å². The number of rotatable bonds is 0. The Kier molecular flexibility index (Phi) is 2.25. The molecule has 0 radical (unpaired) electrons. The summed E-state index contributed by atoms with van der Waals surface area (Å²) in [6, 6.07) is 6.48. The van der Waals surface area contributed by atoms with Crippen LogP contribution in [0.15, 0.2) is 22.7 Å². The smallest absolute Gasteiger partial charge is 0.0891 e. The largest absolute Gasteiger partial charge is 0.374 e. The first-order valence-corrected chi connectivity index (χ1v) is 6.17. The number of fused-ring (bicyclic) bond motifs is 3. The van der Waals surface area contributed by atoms with Crippen molar-refractivity contribution in [3.63, 3.8) is 0 Å². The number of hydrogen-bond acceptors (Lipinski definition) is 2. The van der Waals surface area contributed by atoms with Crippen molar-refractivity contribution in [3.8, 4) is 0 Å². The van der Waals surface area contributed by atoms with E-state index in [9.17, 15) is 0 Å². The molecule has 0 saturated carbocycles. The molecule has 0 N–H and O–H groups in total. The first kappa shape index (κ1) is 9.67. The molecule has 0 aromatic heterocycles. The fourth-order valence-corrected chi connectivity index (χ4v) is 3.09. The van der Waals surface area contributed by atoms with Gasteiger partial charge in [0.1, 0.15) is 0 Å². The highest BCUT2D eigenvalue weighted by atomic mass is 79.9. The molecule has 1 aromatic carbocycles. The third-order valence-electron chi connectivity index (χ3n) is 3.43. The van der Waals surface area contributed by atoms with Gasteiger partial charge in [0.25, 0.3) is 0 Å². The van der Waals surface area contributed by atoms with Crippen molar-refractivity contribution in [1.29, 1.82) is 0 Å². The Morgan fingerprint density at radius 1 is 1.47 bits per heavy atom. The summed E-state index contributed by atoms with van der Waals surface area (Å²) in [5.41, 5.74) is 2.67. The average Bonchev–Trinajstić information content (AvgIpc) is 2.65. The Hall–Kier alpha value is -0.540. The van der Waals surface area contributed by atoms with Crippen LogP contribution in [0.3, 0.4) is 0 Å². The molecule has 2 heterocycles. The second kappa shape index (κ2) is 3.49. The number of ether oxygens (including phenoxy) is 1. The van der Waals surface area contributed by atoms with E-state index >= 15 is 0 Å². The Morgan fingerprint density at radius 3 is 3.20 bits per heavy atom. The lowest BCUT2D eigenvalue weighted by atomic mass is 9.89. The predicted molar refractivity (Wildman–Crippen MR) is 64.2 cm³/mol. The van der Waals surface area contributed by atoms with Gasteiger partial charge < -0.3 is 9.64 Å². The average molecular weight is 268 g/mol. The highest BCUT2D eigenvalue weighted by Crippen LogP contribution is 2.44. The van der Waals surface area contributed by atoms with Crippen LogP contribution in [0.2, 0.25) is 0 Å². The van der Waals surface area contributed by atoms with Crippen LogP contribution in [-0.2, 0) is 4.74 Å². The van der Waals surface area contributed by atoms with E-state index in [4.69, 9.17) is 4.74 Å². The molecule has 80 valence electrons. The monoisotopic (exact) mass is 267 g/mol. The Labute approximate surface area is 98.4 Å². The van der Waals surface area contributed by atoms with Gasteiger partial charge >= 0.3 is 0 Å². The summed E-state index contributed by atoms with van der Waals surface area (Å²) in [6.45, 7) is 2.04. The summed E-state index contributed by atoms with van der Waals surface area (Å²) in [5, 5.41) is 0. The molecular formula is C12H14BrNO. The van der Waals surface area contributed by atoms with Crippen LogP contribution in [0, 0.1) is 5.92 Å². The molecule has 1 aromatic rings. The molecule has 3 heteroatoms. The minimum Gasteiger partial charge on any atom is -0.374 e. The zero-order chi connectivity index (χ0) is 10.4. The lowest BCUT2D eigenvalue weighted by Crippen LogP contribution is -2.33. The van der Waals surface area contributed by atoms with Gasteiger partial charge in [-0.05, 0) is 24.6 Å². The maximum absolute atomic E-state index is 5.84. The van der Waals surface area contributed by atoms with E-state index in [0.29, 0.717) is 12.0 Å². The number of benzene rings is 1. The van der Waals surface area contributed by atoms with Crippen LogP contribution >= 0.6 is 15.9 Å². The van der Waals surface area contributed by atoms with Gasteiger partial charge in [0.2, 0.25) is 0 Å². The van der Waals surface area contributed by atoms with Crippen molar-refractivity contribution in [2.45, 2.75) is 12.5 Å². The highest BCUT2D eigenvalue weighted by molar-refractivity contribution is 9.10. The van der Waals surface area contributed by atoms with Crippen LogP contribution in [0.25, 0.3) is 0 Å². The molecule has 0 amide bonds. The summed E-state index contributed by atoms with van der Waals surface area (Å²) >= 11 is 3.53. The third kappa shape index (κ3) is 1.49. The van der Waals surface area contributed by atoms with Gasteiger partial charge in [-0.25, -0.2) is 0 Å². The van der Waals surface area contributed by atoms with Crippen molar-refractivity contribution >= 4 is 21.6 Å². The van der Waals surface area contributed by atoms with E-state index in [-0.39, 0.29) is 0 Å². The molecule has 1 fully saturated rings. The summed E-state index contributed by atoms with van der Waals surface area (Å²) in [4.78, 5) is 2.34. The van der Waals surface area contributed by atoms with Gasteiger partial charge in [0, 0.05) is 41.8 Å². The summed E-state index contributed by atoms with van der Waals surface area (Å²) < 4.78 is 6.98. The van der Waals surface area contributed by atoms with E-state index in [0.717, 1.165) is 17.6 Å². The van der Waals surface area contributed by atoms with Crippen molar-refractivity contribution < 1.29 is 4.74 Å². The fourth-order valence-electron chi connectivity index (χ4n) is 2.72. The second-order valence-electron chi connectivity index (χ2n) is 4.42. The number of nitrogens with zero attached hydrogens (tertiary/aromatic N) is 1. The maximum Gasteiger partial charge on any atom is 0.0891 e. The summed E-state index contributed by atoms with van der Waals surface area (Å²) in [7, 11) is 2.17. The van der Waals surface area contributed by atoms with Crippen LogP contribution in [0.1, 0.15) is 18.1 Å². The molecule has 2 aliphatic rings.